The Labute approximate surface area is 167 Å². The van der Waals surface area contributed by atoms with Crippen molar-refractivity contribution in [2.75, 3.05) is 25.5 Å². The first-order valence-electron chi connectivity index (χ1n) is 9.29. The minimum atomic E-state index is -0.585. The van der Waals surface area contributed by atoms with E-state index in [-0.39, 0.29) is 30.3 Å². The van der Waals surface area contributed by atoms with Crippen LogP contribution >= 0.6 is 11.3 Å². The van der Waals surface area contributed by atoms with E-state index in [4.69, 9.17) is 0 Å². The van der Waals surface area contributed by atoms with E-state index < -0.39 is 6.04 Å². The van der Waals surface area contributed by atoms with Crippen LogP contribution < -0.4 is 16.0 Å². The third kappa shape index (κ3) is 3.53. The van der Waals surface area contributed by atoms with Crippen molar-refractivity contribution in [3.63, 3.8) is 0 Å². The van der Waals surface area contributed by atoms with E-state index in [1.807, 2.05) is 29.0 Å². The van der Waals surface area contributed by atoms with Gasteiger partial charge in [0.25, 0.3) is 5.91 Å². The van der Waals surface area contributed by atoms with Crippen molar-refractivity contribution in [3.05, 3.63) is 40.6 Å². The Morgan fingerprint density at radius 2 is 2.14 bits per heavy atom. The van der Waals surface area contributed by atoms with Gasteiger partial charge in [0, 0.05) is 12.6 Å². The maximum atomic E-state index is 13.2. The Hall–Kier alpha value is -2.71. The second-order valence-corrected chi connectivity index (χ2v) is 7.88. The Balaban J connectivity index is 1.58. The number of hydrogen-bond acceptors (Lipinski definition) is 5. The van der Waals surface area contributed by atoms with Gasteiger partial charge in [-0.15, -0.1) is 0 Å². The normalized spacial score (nSPS) is 21.4. The van der Waals surface area contributed by atoms with E-state index in [1.54, 1.807) is 29.4 Å². The van der Waals surface area contributed by atoms with Crippen molar-refractivity contribution in [3.8, 4) is 11.1 Å². The second kappa shape index (κ2) is 7.73. The summed E-state index contributed by atoms with van der Waals surface area (Å²) in [6, 6.07) is 6.86. The number of carbonyl (C=O) groups excluding carboxylic acids is 3. The smallest absolute Gasteiger partial charge is 0.256 e. The fourth-order valence-corrected chi connectivity index (χ4v) is 4.50. The Kier molecular flexibility index (Phi) is 5.15. The van der Waals surface area contributed by atoms with Gasteiger partial charge in [0.1, 0.15) is 6.04 Å². The molecule has 1 fully saturated rings. The standard InChI is InChI=1S/C20H22N4O3S/c1-21-10-18(25)22-14-4-6-24-17(9-14)19(26)23-16-3-2-12(8-15(16)20(24)27)13-5-7-28-11-13/h2-3,5,7-8,11,14,17,21H,4,6,9-10H2,1H3,(H,22,25)(H,23,26)/t14-,17+/m1/s1. The zero-order valence-electron chi connectivity index (χ0n) is 15.5. The molecule has 3 heterocycles. The van der Waals surface area contributed by atoms with Crippen LogP contribution in [0.4, 0.5) is 5.69 Å². The van der Waals surface area contributed by atoms with Crippen molar-refractivity contribution >= 4 is 34.7 Å². The fourth-order valence-electron chi connectivity index (χ4n) is 3.84. The highest BCUT2D eigenvalue weighted by atomic mass is 32.1. The Bertz CT molecular complexity index is 912. The van der Waals surface area contributed by atoms with Gasteiger partial charge in [0.05, 0.1) is 17.8 Å². The zero-order valence-corrected chi connectivity index (χ0v) is 16.3. The molecule has 4 rings (SSSR count). The van der Waals surface area contributed by atoms with Crippen molar-refractivity contribution in [1.82, 2.24) is 15.5 Å². The summed E-state index contributed by atoms with van der Waals surface area (Å²) in [5, 5.41) is 12.7. The van der Waals surface area contributed by atoms with Gasteiger partial charge in [-0.25, -0.2) is 0 Å². The van der Waals surface area contributed by atoms with Crippen molar-refractivity contribution in [1.29, 1.82) is 0 Å². The summed E-state index contributed by atoms with van der Waals surface area (Å²) in [5.41, 5.74) is 3.06. The van der Waals surface area contributed by atoms with Crippen molar-refractivity contribution < 1.29 is 14.4 Å². The summed E-state index contributed by atoms with van der Waals surface area (Å²) < 4.78 is 0. The molecule has 0 aliphatic carbocycles. The molecule has 3 N–H and O–H groups in total. The number of thiophene rings is 1. The number of piperidine rings is 1. The summed E-state index contributed by atoms with van der Waals surface area (Å²) in [6.07, 6.45) is 1.04. The van der Waals surface area contributed by atoms with E-state index >= 15 is 0 Å². The molecule has 1 aromatic carbocycles. The lowest BCUT2D eigenvalue weighted by Gasteiger charge is -2.37. The molecule has 0 radical (unpaired) electrons. The van der Waals surface area contributed by atoms with E-state index in [0.717, 1.165) is 11.1 Å². The zero-order chi connectivity index (χ0) is 19.7. The van der Waals surface area contributed by atoms with Gasteiger partial charge < -0.3 is 20.9 Å². The number of nitrogens with zero attached hydrogens (tertiary/aromatic N) is 1. The summed E-state index contributed by atoms with van der Waals surface area (Å²) in [6.45, 7) is 0.663. The third-order valence-corrected chi connectivity index (χ3v) is 5.91. The minimum absolute atomic E-state index is 0.106. The highest BCUT2D eigenvalue weighted by Crippen LogP contribution is 2.32. The first kappa shape index (κ1) is 18.6. The van der Waals surface area contributed by atoms with Gasteiger partial charge >= 0.3 is 0 Å². The summed E-state index contributed by atoms with van der Waals surface area (Å²) in [4.78, 5) is 39.5. The number of amides is 3. The highest BCUT2D eigenvalue weighted by molar-refractivity contribution is 7.08. The van der Waals surface area contributed by atoms with Gasteiger partial charge in [-0.3, -0.25) is 14.4 Å². The lowest BCUT2D eigenvalue weighted by Crippen LogP contribution is -2.55. The lowest BCUT2D eigenvalue weighted by atomic mass is 9.96. The third-order valence-electron chi connectivity index (χ3n) is 5.23. The van der Waals surface area contributed by atoms with Crippen LogP contribution in [0.5, 0.6) is 0 Å². The number of rotatable bonds is 4. The largest absolute Gasteiger partial charge is 0.352 e. The molecule has 0 spiro atoms. The Morgan fingerprint density at radius 1 is 1.29 bits per heavy atom. The van der Waals surface area contributed by atoms with Crippen LogP contribution in [-0.2, 0) is 9.59 Å². The molecule has 2 aliphatic rings. The number of carbonyl (C=O) groups is 3. The van der Waals surface area contributed by atoms with Crippen LogP contribution in [0.15, 0.2) is 35.0 Å². The van der Waals surface area contributed by atoms with Gasteiger partial charge in [-0.2, -0.15) is 11.3 Å². The Morgan fingerprint density at radius 3 is 2.89 bits per heavy atom. The highest BCUT2D eigenvalue weighted by Gasteiger charge is 2.40. The summed E-state index contributed by atoms with van der Waals surface area (Å²) in [5.74, 6) is -0.455. The van der Waals surface area contributed by atoms with E-state index in [0.29, 0.717) is 30.6 Å². The molecule has 1 saturated heterocycles. The quantitative estimate of drug-likeness (QED) is 0.731. The van der Waals surface area contributed by atoms with Crippen molar-refractivity contribution in [2.24, 2.45) is 0 Å². The topological polar surface area (TPSA) is 90.5 Å². The number of anilines is 1. The molecule has 0 unspecified atom stereocenters. The first-order chi connectivity index (χ1) is 13.6. The predicted molar refractivity (Wildman–Crippen MR) is 108 cm³/mol. The van der Waals surface area contributed by atoms with Crippen LogP contribution in [0.3, 0.4) is 0 Å². The van der Waals surface area contributed by atoms with E-state index in [2.05, 4.69) is 16.0 Å². The molecule has 8 heteroatoms. The number of likely N-dealkylation sites (N-methyl/N-ethyl adjacent to an activating group) is 1. The van der Waals surface area contributed by atoms with Crippen LogP contribution in [0.25, 0.3) is 11.1 Å². The predicted octanol–water partition coefficient (Wildman–Crippen LogP) is 1.68. The van der Waals surface area contributed by atoms with Crippen LogP contribution in [0.2, 0.25) is 0 Å². The molecule has 3 amide bonds. The molecule has 2 aliphatic heterocycles. The number of benzene rings is 1. The van der Waals surface area contributed by atoms with Gasteiger partial charge in [-0.05, 0) is 60.0 Å². The fraction of sp³-hybridized carbons (Fsp3) is 0.350. The average Bonchev–Trinajstić information content (AvgIpc) is 3.19. The average molecular weight is 398 g/mol. The van der Waals surface area contributed by atoms with Gasteiger partial charge in [-0.1, -0.05) is 6.07 Å². The molecule has 28 heavy (non-hydrogen) atoms. The minimum Gasteiger partial charge on any atom is -0.352 e. The van der Waals surface area contributed by atoms with Gasteiger partial charge in [0.2, 0.25) is 11.8 Å². The molecule has 2 aromatic rings. The molecular weight excluding hydrogens is 376 g/mol. The molecule has 1 aromatic heterocycles. The summed E-state index contributed by atoms with van der Waals surface area (Å²) >= 11 is 1.60. The molecular formula is C20H22N4O3S. The molecule has 0 bridgehead atoms. The van der Waals surface area contributed by atoms with Crippen LogP contribution in [0, 0.1) is 0 Å². The van der Waals surface area contributed by atoms with E-state index in [9.17, 15) is 14.4 Å². The number of fused-ring (bicyclic) bond motifs is 2. The SMILES string of the molecule is CNCC(=O)N[C@@H]1CCN2C(=O)c3cc(-c4ccsc4)ccc3NC(=O)[C@@H]2C1. The van der Waals surface area contributed by atoms with Crippen LogP contribution in [-0.4, -0.2) is 54.8 Å². The van der Waals surface area contributed by atoms with E-state index in [1.165, 1.54) is 0 Å². The van der Waals surface area contributed by atoms with Gasteiger partial charge in [0.15, 0.2) is 0 Å². The molecule has 2 atom stereocenters. The number of nitrogens with one attached hydrogen (secondary N) is 3. The maximum absolute atomic E-state index is 13.2. The molecule has 0 saturated carbocycles. The van der Waals surface area contributed by atoms with Crippen LogP contribution in [0.1, 0.15) is 23.2 Å². The molecule has 146 valence electrons. The maximum Gasteiger partial charge on any atom is 0.256 e. The van der Waals surface area contributed by atoms with Crippen molar-refractivity contribution in [2.45, 2.75) is 24.9 Å². The molecule has 7 nitrogen and oxygen atoms in total. The first-order valence-corrected chi connectivity index (χ1v) is 10.2. The second-order valence-electron chi connectivity index (χ2n) is 7.10. The lowest BCUT2D eigenvalue weighted by molar-refractivity contribution is -0.124. The number of hydrogen-bond donors (Lipinski definition) is 3. The summed E-state index contributed by atoms with van der Waals surface area (Å²) in [7, 11) is 1.71. The monoisotopic (exact) mass is 398 g/mol.